The van der Waals surface area contributed by atoms with Crippen LogP contribution in [0, 0.1) is 11.8 Å². The second-order valence-corrected chi connectivity index (χ2v) is 11.2. The molecule has 160 valence electrons. The molecule has 0 N–H and O–H groups in total. The number of hydrogen-bond acceptors (Lipinski definition) is 0. The molecule has 0 bridgehead atoms. The van der Waals surface area contributed by atoms with E-state index in [1.54, 1.807) is 0 Å². The van der Waals surface area contributed by atoms with E-state index in [2.05, 4.69) is 127 Å². The van der Waals surface area contributed by atoms with Crippen molar-refractivity contribution < 1.29 is 0 Å². The summed E-state index contributed by atoms with van der Waals surface area (Å²) in [4.78, 5) is 0. The Kier molecular flexibility index (Phi) is 6.60. The van der Waals surface area contributed by atoms with Crippen molar-refractivity contribution >= 4 is 31.9 Å². The number of fused-ring (bicyclic) bond motifs is 1. The molecule has 3 unspecified atom stereocenters. The molecule has 31 heavy (non-hydrogen) atoms. The van der Waals surface area contributed by atoms with Crippen molar-refractivity contribution in [2.45, 2.75) is 46.0 Å². The highest BCUT2D eigenvalue weighted by molar-refractivity contribution is 9.10. The summed E-state index contributed by atoms with van der Waals surface area (Å²) < 4.78 is 2.23. The smallest absolute Gasteiger partial charge is 0.0175 e. The van der Waals surface area contributed by atoms with E-state index in [0.29, 0.717) is 23.7 Å². The lowest BCUT2D eigenvalue weighted by Gasteiger charge is -2.41. The SMILES string of the molecule is C=C(C)C1CC(C(C)C)C(C)c2c(-c3ccc(Br)cc3)ccc(-c3ccc(Br)cc3)c21. The third-order valence-electron chi connectivity index (χ3n) is 7.00. The Morgan fingerprint density at radius 3 is 1.68 bits per heavy atom. The van der Waals surface area contributed by atoms with Gasteiger partial charge >= 0.3 is 0 Å². The number of benzene rings is 3. The predicted octanol–water partition coefficient (Wildman–Crippen LogP) is 9.98. The van der Waals surface area contributed by atoms with Crippen LogP contribution in [-0.2, 0) is 0 Å². The van der Waals surface area contributed by atoms with E-state index < -0.39 is 0 Å². The average molecular weight is 538 g/mol. The maximum absolute atomic E-state index is 4.45. The number of halogens is 2. The molecule has 4 rings (SSSR count). The quantitative estimate of drug-likeness (QED) is 0.290. The molecule has 0 saturated heterocycles. The Morgan fingerprint density at radius 2 is 1.26 bits per heavy atom. The van der Waals surface area contributed by atoms with E-state index in [0.717, 1.165) is 8.95 Å². The number of hydrogen-bond donors (Lipinski definition) is 0. The van der Waals surface area contributed by atoms with Crippen LogP contribution >= 0.6 is 31.9 Å². The molecule has 0 nitrogen and oxygen atoms in total. The zero-order chi connectivity index (χ0) is 22.3. The van der Waals surface area contributed by atoms with Crippen LogP contribution in [-0.4, -0.2) is 0 Å². The Labute approximate surface area is 204 Å². The molecule has 0 radical (unpaired) electrons. The fraction of sp³-hybridized carbons (Fsp3) is 0.310. The fourth-order valence-corrected chi connectivity index (χ4v) is 5.90. The van der Waals surface area contributed by atoms with Gasteiger partial charge in [0, 0.05) is 14.9 Å². The van der Waals surface area contributed by atoms with Gasteiger partial charge in [-0.15, -0.1) is 0 Å². The summed E-state index contributed by atoms with van der Waals surface area (Å²) >= 11 is 7.19. The lowest BCUT2D eigenvalue weighted by molar-refractivity contribution is 0.280. The molecule has 3 atom stereocenters. The van der Waals surface area contributed by atoms with Crippen molar-refractivity contribution in [3.05, 3.63) is 92.9 Å². The summed E-state index contributed by atoms with van der Waals surface area (Å²) in [6, 6.07) is 22.2. The highest BCUT2D eigenvalue weighted by Crippen LogP contribution is 2.53. The molecule has 0 fully saturated rings. The monoisotopic (exact) mass is 536 g/mol. The molecular formula is C29H30Br2. The van der Waals surface area contributed by atoms with Gasteiger partial charge in [-0.2, -0.15) is 0 Å². The van der Waals surface area contributed by atoms with Gasteiger partial charge in [-0.25, -0.2) is 0 Å². The van der Waals surface area contributed by atoms with E-state index in [9.17, 15) is 0 Å². The third kappa shape index (κ3) is 4.34. The van der Waals surface area contributed by atoms with Crippen molar-refractivity contribution in [3.8, 4) is 22.3 Å². The lowest BCUT2D eigenvalue weighted by Crippen LogP contribution is -2.27. The first-order chi connectivity index (χ1) is 14.8. The minimum Gasteiger partial charge on any atom is -0.0995 e. The lowest BCUT2D eigenvalue weighted by atomic mass is 9.63. The van der Waals surface area contributed by atoms with Crippen LogP contribution in [0.5, 0.6) is 0 Å². The Balaban J connectivity index is 2.03. The molecule has 0 aromatic heterocycles. The summed E-state index contributed by atoms with van der Waals surface area (Å²) in [6.45, 7) is 13.8. The van der Waals surface area contributed by atoms with Crippen LogP contribution in [0.1, 0.15) is 57.1 Å². The van der Waals surface area contributed by atoms with Crippen molar-refractivity contribution in [2.75, 3.05) is 0 Å². The van der Waals surface area contributed by atoms with E-state index in [-0.39, 0.29) is 0 Å². The van der Waals surface area contributed by atoms with Crippen LogP contribution in [0.4, 0.5) is 0 Å². The van der Waals surface area contributed by atoms with E-state index in [1.807, 2.05) is 0 Å². The van der Waals surface area contributed by atoms with Gasteiger partial charge in [-0.3, -0.25) is 0 Å². The van der Waals surface area contributed by atoms with Crippen LogP contribution in [0.25, 0.3) is 22.3 Å². The van der Waals surface area contributed by atoms with Crippen LogP contribution in [0.3, 0.4) is 0 Å². The first-order valence-electron chi connectivity index (χ1n) is 11.1. The molecule has 0 aliphatic heterocycles. The highest BCUT2D eigenvalue weighted by atomic mass is 79.9. The summed E-state index contributed by atoms with van der Waals surface area (Å²) in [5.41, 5.74) is 9.56. The van der Waals surface area contributed by atoms with Crippen LogP contribution in [0.2, 0.25) is 0 Å². The van der Waals surface area contributed by atoms with Crippen LogP contribution in [0.15, 0.2) is 81.8 Å². The van der Waals surface area contributed by atoms with Crippen molar-refractivity contribution in [1.82, 2.24) is 0 Å². The maximum Gasteiger partial charge on any atom is 0.0175 e. The molecule has 0 saturated carbocycles. The van der Waals surface area contributed by atoms with E-state index in [4.69, 9.17) is 0 Å². The molecule has 0 spiro atoms. The first kappa shape index (κ1) is 22.6. The van der Waals surface area contributed by atoms with Gasteiger partial charge in [0.05, 0.1) is 0 Å². The number of rotatable bonds is 4. The predicted molar refractivity (Wildman–Crippen MR) is 142 cm³/mol. The first-order valence-corrected chi connectivity index (χ1v) is 12.7. The summed E-state index contributed by atoms with van der Waals surface area (Å²) in [7, 11) is 0. The van der Waals surface area contributed by atoms with Gasteiger partial charge in [0.25, 0.3) is 0 Å². The minimum atomic E-state index is 0.382. The summed E-state index contributed by atoms with van der Waals surface area (Å²) in [5, 5.41) is 0. The fourth-order valence-electron chi connectivity index (χ4n) is 5.37. The van der Waals surface area contributed by atoms with Gasteiger partial charge in [-0.05, 0) is 88.7 Å². The average Bonchev–Trinajstić information content (AvgIpc) is 2.74. The molecule has 1 aliphatic rings. The van der Waals surface area contributed by atoms with Gasteiger partial charge in [0.1, 0.15) is 0 Å². The maximum atomic E-state index is 4.45. The largest absolute Gasteiger partial charge is 0.0995 e. The second kappa shape index (κ2) is 9.08. The molecular weight excluding hydrogens is 508 g/mol. The Bertz CT molecular complexity index is 1090. The third-order valence-corrected chi connectivity index (χ3v) is 8.06. The Morgan fingerprint density at radius 1 is 0.806 bits per heavy atom. The highest BCUT2D eigenvalue weighted by Gasteiger charge is 2.37. The van der Waals surface area contributed by atoms with Gasteiger partial charge in [0.2, 0.25) is 0 Å². The van der Waals surface area contributed by atoms with Gasteiger partial charge < -0.3 is 0 Å². The molecule has 0 heterocycles. The molecule has 1 aliphatic carbocycles. The molecule has 3 aromatic carbocycles. The zero-order valence-electron chi connectivity index (χ0n) is 18.8. The van der Waals surface area contributed by atoms with Gasteiger partial charge in [0.15, 0.2) is 0 Å². The summed E-state index contributed by atoms with van der Waals surface area (Å²) in [5.74, 6) is 2.16. The van der Waals surface area contributed by atoms with E-state index >= 15 is 0 Å². The zero-order valence-corrected chi connectivity index (χ0v) is 21.9. The summed E-state index contributed by atoms with van der Waals surface area (Å²) in [6.07, 6.45) is 1.18. The van der Waals surface area contributed by atoms with Crippen molar-refractivity contribution in [3.63, 3.8) is 0 Å². The standard InChI is InChI=1S/C29H30Br2/c1-17(2)26-16-27(18(3)4)29-25(21-8-12-23(31)13-9-21)15-14-24(28(29)19(26)5)20-6-10-22(30)11-7-20/h6-15,17,19,26-27H,3,16H2,1-2,4-5H3. The topological polar surface area (TPSA) is 0 Å². The molecule has 3 aromatic rings. The number of allylic oxidation sites excluding steroid dienone is 1. The minimum absolute atomic E-state index is 0.382. The molecule has 0 amide bonds. The second-order valence-electron chi connectivity index (χ2n) is 9.33. The Hall–Kier alpha value is -1.64. The van der Waals surface area contributed by atoms with Crippen LogP contribution < -0.4 is 0 Å². The molecule has 2 heteroatoms. The van der Waals surface area contributed by atoms with Crippen molar-refractivity contribution in [2.24, 2.45) is 11.8 Å². The van der Waals surface area contributed by atoms with E-state index in [1.165, 1.54) is 45.4 Å². The van der Waals surface area contributed by atoms with Crippen molar-refractivity contribution in [1.29, 1.82) is 0 Å². The van der Waals surface area contributed by atoms with Gasteiger partial charge in [-0.1, -0.05) is 101 Å². The normalized spacial score (nSPS) is 20.5.